The van der Waals surface area contributed by atoms with Crippen molar-refractivity contribution in [1.29, 1.82) is 0 Å². The number of hydrogen-bond donors (Lipinski definition) is 4. The quantitative estimate of drug-likeness (QED) is 0.172. The minimum atomic E-state index is -0.894. The van der Waals surface area contributed by atoms with E-state index in [4.69, 9.17) is 9.47 Å². The van der Waals surface area contributed by atoms with Gasteiger partial charge in [0, 0.05) is 24.2 Å². The summed E-state index contributed by atoms with van der Waals surface area (Å²) in [6.45, 7) is 2.67. The number of methoxy groups -OCH3 is 2. The Hall–Kier alpha value is -4.66. The molecule has 8 heteroatoms. The van der Waals surface area contributed by atoms with Crippen molar-refractivity contribution >= 4 is 11.8 Å². The number of amides is 2. The normalized spacial score (nSPS) is 12.9. The van der Waals surface area contributed by atoms with Gasteiger partial charge in [-0.1, -0.05) is 72.8 Å². The first-order chi connectivity index (χ1) is 20.9. The van der Waals surface area contributed by atoms with Gasteiger partial charge < -0.3 is 30.5 Å². The zero-order valence-electron chi connectivity index (χ0n) is 24.7. The van der Waals surface area contributed by atoms with Crippen LogP contribution in [0.4, 0.5) is 0 Å². The van der Waals surface area contributed by atoms with Crippen molar-refractivity contribution in [3.63, 3.8) is 0 Å². The molecular formula is C35H39N3O5. The van der Waals surface area contributed by atoms with Crippen LogP contribution in [0.2, 0.25) is 0 Å². The van der Waals surface area contributed by atoms with Crippen molar-refractivity contribution in [2.45, 2.75) is 38.1 Å². The number of nitrogens with one attached hydrogen (secondary N) is 3. The van der Waals surface area contributed by atoms with Crippen LogP contribution in [-0.2, 0) is 13.0 Å². The van der Waals surface area contributed by atoms with Crippen molar-refractivity contribution in [2.75, 3.05) is 20.8 Å². The Labute approximate surface area is 253 Å². The highest BCUT2D eigenvalue weighted by molar-refractivity contribution is 6.00. The molecule has 0 unspecified atom stereocenters. The Morgan fingerprint density at radius 3 is 1.98 bits per heavy atom. The number of carbonyl (C=O) groups excluding carboxylic acids is 2. The SMILES string of the molecule is COc1cccc(CNC[C@@H](O)[C@H](Cc2ccccc2)NC(=O)c2cc(OC)cc(C(=O)N[C@H](C)c3ccccc3)c2)c1. The van der Waals surface area contributed by atoms with Gasteiger partial charge in [0.2, 0.25) is 0 Å². The van der Waals surface area contributed by atoms with Crippen molar-refractivity contribution < 1.29 is 24.2 Å². The lowest BCUT2D eigenvalue weighted by atomic mass is 10.00. The highest BCUT2D eigenvalue weighted by Crippen LogP contribution is 2.20. The van der Waals surface area contributed by atoms with E-state index >= 15 is 0 Å². The van der Waals surface area contributed by atoms with E-state index in [1.54, 1.807) is 19.2 Å². The summed E-state index contributed by atoms with van der Waals surface area (Å²) >= 11 is 0. The lowest BCUT2D eigenvalue weighted by Gasteiger charge is -2.25. The highest BCUT2D eigenvalue weighted by atomic mass is 16.5. The summed E-state index contributed by atoms with van der Waals surface area (Å²) in [6.07, 6.45) is -0.476. The molecule has 0 radical (unpaired) electrons. The second-order valence-electron chi connectivity index (χ2n) is 10.4. The number of hydrogen-bond acceptors (Lipinski definition) is 6. The van der Waals surface area contributed by atoms with E-state index in [2.05, 4.69) is 16.0 Å². The number of aliphatic hydroxyl groups excluding tert-OH is 1. The van der Waals surface area contributed by atoms with Crippen LogP contribution in [0.1, 0.15) is 50.4 Å². The number of rotatable bonds is 14. The Balaban J connectivity index is 1.48. The van der Waals surface area contributed by atoms with Gasteiger partial charge in [-0.25, -0.2) is 0 Å². The Bertz CT molecular complexity index is 1480. The zero-order valence-corrected chi connectivity index (χ0v) is 24.7. The molecule has 0 heterocycles. The van der Waals surface area contributed by atoms with Crippen LogP contribution in [-0.4, -0.2) is 49.8 Å². The molecule has 4 N–H and O–H groups in total. The second-order valence-corrected chi connectivity index (χ2v) is 10.4. The summed E-state index contributed by atoms with van der Waals surface area (Å²) in [5.41, 5.74) is 3.51. The van der Waals surface area contributed by atoms with Gasteiger partial charge >= 0.3 is 0 Å². The third-order valence-corrected chi connectivity index (χ3v) is 7.21. The molecule has 0 aliphatic heterocycles. The Morgan fingerprint density at radius 2 is 1.33 bits per heavy atom. The third-order valence-electron chi connectivity index (χ3n) is 7.21. The molecule has 43 heavy (non-hydrogen) atoms. The second kappa shape index (κ2) is 15.5. The predicted octanol–water partition coefficient (Wildman–Crippen LogP) is 4.69. The summed E-state index contributed by atoms with van der Waals surface area (Å²) in [5.74, 6) is 0.393. The molecule has 0 aromatic heterocycles. The fraction of sp³-hybridized carbons (Fsp3) is 0.257. The molecule has 0 spiro atoms. The van der Waals surface area contributed by atoms with Crippen LogP contribution in [0.25, 0.3) is 0 Å². The average molecular weight is 582 g/mol. The number of aliphatic hydroxyl groups is 1. The first-order valence-electron chi connectivity index (χ1n) is 14.3. The first-order valence-corrected chi connectivity index (χ1v) is 14.3. The van der Waals surface area contributed by atoms with Gasteiger partial charge in [0.1, 0.15) is 11.5 Å². The highest BCUT2D eigenvalue weighted by Gasteiger charge is 2.24. The molecule has 0 aliphatic rings. The Morgan fingerprint density at radius 1 is 0.721 bits per heavy atom. The van der Waals surface area contributed by atoms with E-state index in [1.807, 2.05) is 91.9 Å². The van der Waals surface area contributed by atoms with Crippen molar-refractivity contribution in [2.24, 2.45) is 0 Å². The van der Waals surface area contributed by atoms with Gasteiger partial charge in [0.05, 0.1) is 32.4 Å². The van der Waals surface area contributed by atoms with Crippen LogP contribution >= 0.6 is 0 Å². The summed E-state index contributed by atoms with van der Waals surface area (Å²) < 4.78 is 10.7. The van der Waals surface area contributed by atoms with E-state index in [0.29, 0.717) is 24.3 Å². The maximum Gasteiger partial charge on any atom is 0.251 e. The molecule has 4 aromatic rings. The van der Waals surface area contributed by atoms with Crippen LogP contribution < -0.4 is 25.4 Å². The summed E-state index contributed by atoms with van der Waals surface area (Å²) in [4.78, 5) is 26.7. The van der Waals surface area contributed by atoms with Crippen LogP contribution in [0.3, 0.4) is 0 Å². The molecule has 4 rings (SSSR count). The maximum absolute atomic E-state index is 13.6. The summed E-state index contributed by atoms with van der Waals surface area (Å²) in [5, 5.41) is 20.5. The van der Waals surface area contributed by atoms with E-state index < -0.39 is 18.1 Å². The standard InChI is InChI=1S/C35H39N3O5/c1-24(27-14-8-5-9-15-27)37-34(40)28-19-29(21-31(20-28)43-3)35(41)38-32(18-25-11-6-4-7-12-25)33(39)23-36-22-26-13-10-16-30(17-26)42-2/h4-17,19-21,24,32-33,36,39H,18,22-23H2,1-3H3,(H,37,40)(H,38,41)/t24-,32+,33-/m1/s1. The molecule has 0 saturated heterocycles. The van der Waals surface area contributed by atoms with Gasteiger partial charge in [-0.05, 0) is 60.4 Å². The lowest BCUT2D eigenvalue weighted by molar-refractivity contribution is 0.0829. The largest absolute Gasteiger partial charge is 0.497 e. The topological polar surface area (TPSA) is 109 Å². The molecule has 2 amide bonds. The van der Waals surface area contributed by atoms with E-state index in [0.717, 1.165) is 22.4 Å². The average Bonchev–Trinajstić information content (AvgIpc) is 3.05. The van der Waals surface area contributed by atoms with E-state index in [-0.39, 0.29) is 24.1 Å². The fourth-order valence-corrected chi connectivity index (χ4v) is 4.78. The van der Waals surface area contributed by atoms with Crippen molar-refractivity contribution in [3.05, 3.63) is 131 Å². The number of carbonyl (C=O) groups is 2. The molecule has 3 atom stereocenters. The van der Waals surface area contributed by atoms with Gasteiger partial charge in [0.15, 0.2) is 0 Å². The number of ether oxygens (including phenoxy) is 2. The van der Waals surface area contributed by atoms with Crippen molar-refractivity contribution in [1.82, 2.24) is 16.0 Å². The molecule has 0 bridgehead atoms. The predicted molar refractivity (Wildman–Crippen MR) is 167 cm³/mol. The molecule has 0 aliphatic carbocycles. The minimum Gasteiger partial charge on any atom is -0.497 e. The minimum absolute atomic E-state index is 0.230. The number of benzene rings is 4. The summed E-state index contributed by atoms with van der Waals surface area (Å²) in [6, 6.07) is 30.9. The zero-order chi connectivity index (χ0) is 30.6. The van der Waals surface area contributed by atoms with Gasteiger partial charge in [-0.2, -0.15) is 0 Å². The lowest BCUT2D eigenvalue weighted by Crippen LogP contribution is -2.48. The van der Waals surface area contributed by atoms with Crippen LogP contribution in [0, 0.1) is 0 Å². The maximum atomic E-state index is 13.6. The van der Waals surface area contributed by atoms with Gasteiger partial charge in [-0.3, -0.25) is 9.59 Å². The molecule has 4 aromatic carbocycles. The Kier molecular flexibility index (Phi) is 11.3. The third kappa shape index (κ3) is 9.16. The van der Waals surface area contributed by atoms with Crippen LogP contribution in [0.5, 0.6) is 11.5 Å². The molecule has 0 saturated carbocycles. The van der Waals surface area contributed by atoms with Crippen molar-refractivity contribution in [3.8, 4) is 11.5 Å². The molecule has 8 nitrogen and oxygen atoms in total. The molecular weight excluding hydrogens is 542 g/mol. The fourth-order valence-electron chi connectivity index (χ4n) is 4.78. The van der Waals surface area contributed by atoms with E-state index in [9.17, 15) is 14.7 Å². The van der Waals surface area contributed by atoms with Gasteiger partial charge in [0.25, 0.3) is 11.8 Å². The monoisotopic (exact) mass is 581 g/mol. The molecule has 0 fully saturated rings. The molecule has 224 valence electrons. The van der Waals surface area contributed by atoms with Crippen LogP contribution in [0.15, 0.2) is 103 Å². The van der Waals surface area contributed by atoms with Gasteiger partial charge in [-0.15, -0.1) is 0 Å². The summed E-state index contributed by atoms with van der Waals surface area (Å²) in [7, 11) is 3.11. The first kappa shape index (κ1) is 31.3. The van der Waals surface area contributed by atoms with E-state index in [1.165, 1.54) is 13.2 Å². The smallest absolute Gasteiger partial charge is 0.251 e.